The van der Waals surface area contributed by atoms with Crippen molar-refractivity contribution in [2.75, 3.05) is 26.2 Å². The average molecular weight is 940 g/mol. The molecule has 1 aliphatic heterocycles. The summed E-state index contributed by atoms with van der Waals surface area (Å²) in [6, 6.07) is 3.89. The van der Waals surface area contributed by atoms with Crippen LogP contribution in [0.15, 0.2) is 36.5 Å². The number of amides is 2. The monoisotopic (exact) mass is 938 g/mol. The quantitative estimate of drug-likeness (QED) is 0.0222. The smallest absolute Gasteiger partial charge is 0.338 e. The van der Waals surface area contributed by atoms with Crippen LogP contribution >= 0.6 is 0 Å². The number of aliphatic carboxylic acids is 2. The van der Waals surface area contributed by atoms with Gasteiger partial charge in [0.2, 0.25) is 11.8 Å². The second-order valence-corrected chi connectivity index (χ2v) is 42.2. The highest BCUT2D eigenvalue weighted by atomic mass is 28.5. The molecule has 23 heteroatoms. The van der Waals surface area contributed by atoms with Crippen LogP contribution in [0.1, 0.15) is 25.7 Å². The fourth-order valence-electron chi connectivity index (χ4n) is 6.13. The van der Waals surface area contributed by atoms with E-state index in [1.165, 1.54) is 0 Å². The Hall–Kier alpha value is -2.70. The molecule has 59 heavy (non-hydrogen) atoms. The van der Waals surface area contributed by atoms with E-state index in [1.54, 1.807) is 0 Å². The number of nitrogens with two attached hydrogens (primary N) is 2. The van der Waals surface area contributed by atoms with Gasteiger partial charge in [-0.1, -0.05) is 0 Å². The summed E-state index contributed by atoms with van der Waals surface area (Å²) in [7, 11) is -11.8. The summed E-state index contributed by atoms with van der Waals surface area (Å²) in [6.45, 7) is 28.4. The van der Waals surface area contributed by atoms with Gasteiger partial charge in [-0.25, -0.2) is 19.2 Å². The number of hydrogen-bond acceptors (Lipinski definition) is 13. The molecule has 0 aromatic rings. The fourth-order valence-corrected chi connectivity index (χ4v) is 34.3. The second-order valence-electron chi connectivity index (χ2n) is 17.2. The van der Waals surface area contributed by atoms with Crippen LogP contribution in [-0.2, 0) is 50.0 Å². The molecule has 0 spiro atoms. The first-order valence-electron chi connectivity index (χ1n) is 19.9. The summed E-state index contributed by atoms with van der Waals surface area (Å²) in [5, 5.41) is 22.4. The molecule has 0 atom stereocenters. The fraction of sp³-hybridized carbons (Fsp3) is 0.667. The Bertz CT molecular complexity index is 1360. The summed E-state index contributed by atoms with van der Waals surface area (Å²) >= 11 is 0. The van der Waals surface area contributed by atoms with Crippen LogP contribution in [0.5, 0.6) is 0 Å². The van der Waals surface area contributed by atoms with Crippen molar-refractivity contribution in [2.24, 2.45) is 11.5 Å². The number of carbonyl (C=O) groups excluding carboxylic acids is 4. The molecule has 1 rings (SSSR count). The molecule has 0 aromatic carbocycles. The summed E-state index contributed by atoms with van der Waals surface area (Å²) in [4.78, 5) is 63.7. The lowest BCUT2D eigenvalue weighted by atomic mass is 10.4. The number of ether oxygens (including phenoxy) is 1. The third-order valence-electron chi connectivity index (χ3n) is 7.88. The van der Waals surface area contributed by atoms with Crippen LogP contribution in [0.25, 0.3) is 0 Å². The van der Waals surface area contributed by atoms with Gasteiger partial charge in [0, 0.05) is 49.5 Å². The number of rotatable bonds is 26. The molecular weight excluding hydrogens is 865 g/mol. The largest absolute Gasteiger partial charge is 0.478 e. The highest BCUT2D eigenvalue weighted by molar-refractivity contribution is 6.88. The standard InChI is InChI=1S/C20H38N2O8Si3.C12H34N2O2Si3.C4H2O3/c1-31(2,15-7-13-21-17(23)9-11-19(25)26)29-33(5,6)30-32(3,4)16-8-14-22-18(24)10-12-20(27)28;1-17(2,11-7-9-13)15-19(5,6)16-18(3,4)12-8-10-14;5-3-1-2-4(6)7-3/h9-12H,7-8,13-16H2,1-6H3,(H,21,23)(H,22,24)(H,25,26)(H,27,28);7-14H2,1-6H3;1-2H/b11-9-,12-10-;;. The van der Waals surface area contributed by atoms with Gasteiger partial charge in [-0.2, -0.15) is 0 Å². The predicted octanol–water partition coefficient (Wildman–Crippen LogP) is 4.88. The van der Waals surface area contributed by atoms with Gasteiger partial charge < -0.3 is 53.5 Å². The second kappa shape index (κ2) is 28.0. The van der Waals surface area contributed by atoms with E-state index in [0.29, 0.717) is 13.1 Å². The third-order valence-corrected chi connectivity index (χ3v) is 30.8. The average Bonchev–Trinajstić information content (AvgIpc) is 3.45. The van der Waals surface area contributed by atoms with Gasteiger partial charge in [0.1, 0.15) is 0 Å². The highest BCUT2D eigenvalue weighted by Crippen LogP contribution is 2.27. The van der Waals surface area contributed by atoms with Gasteiger partial charge in [-0.05, 0) is 142 Å². The lowest BCUT2D eigenvalue weighted by Gasteiger charge is -2.39. The number of carbonyl (C=O) groups is 6. The molecule has 8 N–H and O–H groups in total. The van der Waals surface area contributed by atoms with Crippen LogP contribution in [0, 0.1) is 0 Å². The van der Waals surface area contributed by atoms with Crippen molar-refractivity contribution in [3.05, 3.63) is 36.5 Å². The number of esters is 2. The topological polar surface area (TPSA) is 265 Å². The van der Waals surface area contributed by atoms with Crippen molar-refractivity contribution >= 4 is 86.1 Å². The van der Waals surface area contributed by atoms with E-state index in [1.807, 2.05) is 13.1 Å². The molecule has 0 unspecified atom stereocenters. The number of nitrogens with one attached hydrogen (secondary N) is 2. The Morgan fingerprint density at radius 3 is 1.03 bits per heavy atom. The van der Waals surface area contributed by atoms with E-state index in [0.717, 1.165) is 99.4 Å². The van der Waals surface area contributed by atoms with Crippen LogP contribution in [0.2, 0.25) is 103 Å². The lowest BCUT2D eigenvalue weighted by Crippen LogP contribution is -2.52. The Morgan fingerprint density at radius 1 is 0.542 bits per heavy atom. The predicted molar refractivity (Wildman–Crippen MR) is 245 cm³/mol. The van der Waals surface area contributed by atoms with E-state index in [2.05, 4.69) is 80.8 Å². The van der Waals surface area contributed by atoms with Crippen LogP contribution in [0.4, 0.5) is 0 Å². The van der Waals surface area contributed by atoms with Crippen molar-refractivity contribution in [2.45, 2.75) is 128 Å². The first-order chi connectivity index (χ1) is 26.9. The molecule has 340 valence electrons. The van der Waals surface area contributed by atoms with Gasteiger partial charge in [-0.3, -0.25) is 9.59 Å². The SMILES string of the molecule is C[Si](C)(CCCN)O[Si](C)(C)O[Si](C)(C)CCCN.C[Si](C)(CCCNC(=O)/C=C\C(=O)O)O[Si](C)(C)O[Si](C)(C)CCCNC(=O)/C=C\C(=O)O.O=C1C=CC(=O)O1. The van der Waals surface area contributed by atoms with Gasteiger partial charge in [0.25, 0.3) is 0 Å². The third kappa shape index (κ3) is 35.7. The summed E-state index contributed by atoms with van der Waals surface area (Å²) in [5.74, 6) is -4.35. The Balaban J connectivity index is 0. The zero-order valence-electron chi connectivity index (χ0n) is 37.5. The maximum atomic E-state index is 11.5. The van der Waals surface area contributed by atoms with E-state index >= 15 is 0 Å². The Labute approximate surface area is 358 Å². The van der Waals surface area contributed by atoms with Crippen LogP contribution in [-0.4, -0.2) is 122 Å². The number of carboxylic acids is 2. The van der Waals surface area contributed by atoms with E-state index in [9.17, 15) is 28.8 Å². The van der Waals surface area contributed by atoms with Crippen molar-refractivity contribution in [3.8, 4) is 0 Å². The maximum Gasteiger partial charge on any atom is 0.338 e. The number of cyclic esters (lactones) is 2. The maximum absolute atomic E-state index is 11.5. The molecule has 0 aromatic heterocycles. The van der Waals surface area contributed by atoms with E-state index in [4.69, 9.17) is 38.1 Å². The zero-order chi connectivity index (χ0) is 46.1. The van der Waals surface area contributed by atoms with Crippen molar-refractivity contribution < 1.29 is 60.2 Å². The molecule has 0 bridgehead atoms. The summed E-state index contributed by atoms with van der Waals surface area (Å²) < 4.78 is 29.9. The zero-order valence-corrected chi connectivity index (χ0v) is 43.5. The van der Waals surface area contributed by atoms with E-state index < -0.39 is 86.1 Å². The molecule has 0 saturated heterocycles. The first kappa shape index (κ1) is 58.4. The van der Waals surface area contributed by atoms with Gasteiger partial charge in [0.15, 0.2) is 33.3 Å². The first-order valence-corrected chi connectivity index (χ1v) is 38.0. The van der Waals surface area contributed by atoms with E-state index in [-0.39, 0.29) is 0 Å². The van der Waals surface area contributed by atoms with Crippen LogP contribution < -0.4 is 22.1 Å². The molecule has 2 amide bonds. The van der Waals surface area contributed by atoms with Gasteiger partial charge in [0.05, 0.1) is 0 Å². The van der Waals surface area contributed by atoms with Crippen molar-refractivity contribution in [1.82, 2.24) is 10.6 Å². The molecule has 0 saturated carbocycles. The summed E-state index contributed by atoms with van der Waals surface area (Å²) in [5.41, 5.74) is 11.2. The minimum Gasteiger partial charge on any atom is -0.478 e. The highest BCUT2D eigenvalue weighted by Gasteiger charge is 2.40. The lowest BCUT2D eigenvalue weighted by molar-refractivity contribution is -0.150. The molecule has 0 fully saturated rings. The minimum atomic E-state index is -2.39. The van der Waals surface area contributed by atoms with Crippen LogP contribution in [0.3, 0.4) is 0 Å². The molecule has 0 radical (unpaired) electrons. The molecule has 0 aliphatic carbocycles. The normalized spacial score (nSPS) is 13.7. The molecule has 1 aliphatic rings. The molecule has 17 nitrogen and oxygen atoms in total. The Kier molecular flexibility index (Phi) is 27.7. The Morgan fingerprint density at radius 2 is 0.814 bits per heavy atom. The van der Waals surface area contributed by atoms with Crippen molar-refractivity contribution in [3.63, 3.8) is 0 Å². The number of hydrogen-bond donors (Lipinski definition) is 6. The van der Waals surface area contributed by atoms with Gasteiger partial charge in [-0.15, -0.1) is 0 Å². The molecular formula is C36H74N4O13Si6. The minimum absolute atomic E-state index is 0.433. The summed E-state index contributed by atoms with van der Waals surface area (Å²) in [6.07, 6.45) is 9.34. The molecule has 1 heterocycles. The van der Waals surface area contributed by atoms with Crippen molar-refractivity contribution in [1.29, 1.82) is 0 Å². The van der Waals surface area contributed by atoms with Gasteiger partial charge >= 0.3 is 41.0 Å². The number of carboxylic acid groups (broad SMARTS) is 2.